The molecule has 0 bridgehead atoms. The van der Waals surface area contributed by atoms with Crippen LogP contribution in [0.3, 0.4) is 0 Å². The van der Waals surface area contributed by atoms with Crippen LogP contribution in [-0.2, 0) is 0 Å². The molecule has 0 fully saturated rings. The fourth-order valence-corrected chi connectivity index (χ4v) is 2.30. The minimum Gasteiger partial charge on any atom is -0.295 e. The largest absolute Gasteiger partial charge is 0.295 e. The molecule has 5 heteroatoms. The first-order valence-electron chi connectivity index (χ1n) is 7.29. The van der Waals surface area contributed by atoms with Crippen LogP contribution in [0.5, 0.6) is 0 Å². The molecule has 1 aromatic carbocycles. The van der Waals surface area contributed by atoms with Crippen molar-refractivity contribution < 1.29 is 9.72 Å². The maximum atomic E-state index is 12.3. The Kier molecular flexibility index (Phi) is 6.49. The monoisotopic (exact) mass is 292 g/mol. The van der Waals surface area contributed by atoms with Gasteiger partial charge in [-0.25, -0.2) is 0 Å². The minimum atomic E-state index is -0.460. The van der Waals surface area contributed by atoms with Gasteiger partial charge in [0, 0.05) is 30.8 Å². The van der Waals surface area contributed by atoms with Gasteiger partial charge in [0.1, 0.15) is 0 Å². The Hall–Kier alpha value is -1.75. The zero-order valence-electron chi connectivity index (χ0n) is 13.2. The van der Waals surface area contributed by atoms with Crippen LogP contribution in [0.1, 0.15) is 38.1 Å². The SMILES string of the molecule is CC(C)CN(CC(=O)c1ccc([N+](=O)[O-])cc1)CC(C)C. The van der Waals surface area contributed by atoms with E-state index in [1.54, 1.807) is 0 Å². The molecule has 0 aliphatic carbocycles. The van der Waals surface area contributed by atoms with Crippen molar-refractivity contribution in [3.63, 3.8) is 0 Å². The maximum absolute atomic E-state index is 12.3. The molecule has 0 atom stereocenters. The van der Waals surface area contributed by atoms with E-state index < -0.39 is 4.92 Å². The van der Waals surface area contributed by atoms with Gasteiger partial charge in [0.25, 0.3) is 5.69 Å². The van der Waals surface area contributed by atoms with Gasteiger partial charge >= 0.3 is 0 Å². The maximum Gasteiger partial charge on any atom is 0.269 e. The van der Waals surface area contributed by atoms with E-state index in [1.165, 1.54) is 24.3 Å². The van der Waals surface area contributed by atoms with Gasteiger partial charge in [-0.1, -0.05) is 27.7 Å². The first kappa shape index (κ1) is 17.3. The van der Waals surface area contributed by atoms with E-state index in [4.69, 9.17) is 0 Å². The number of nitrogens with zero attached hydrogens (tertiary/aromatic N) is 2. The lowest BCUT2D eigenvalue weighted by molar-refractivity contribution is -0.384. The number of non-ortho nitro benzene ring substituents is 1. The fourth-order valence-electron chi connectivity index (χ4n) is 2.30. The number of nitro benzene ring substituents is 1. The highest BCUT2D eigenvalue weighted by Gasteiger charge is 2.16. The van der Waals surface area contributed by atoms with Crippen LogP contribution in [0.25, 0.3) is 0 Å². The number of hydrogen-bond acceptors (Lipinski definition) is 4. The van der Waals surface area contributed by atoms with Crippen molar-refractivity contribution in [2.45, 2.75) is 27.7 Å². The summed E-state index contributed by atoms with van der Waals surface area (Å²) in [4.78, 5) is 24.6. The number of hydrogen-bond donors (Lipinski definition) is 0. The van der Waals surface area contributed by atoms with E-state index in [0.29, 0.717) is 23.9 Å². The summed E-state index contributed by atoms with van der Waals surface area (Å²) in [5, 5.41) is 10.6. The Morgan fingerprint density at radius 3 is 1.95 bits per heavy atom. The number of nitro groups is 1. The lowest BCUT2D eigenvalue weighted by Gasteiger charge is -2.25. The third-order valence-corrected chi connectivity index (χ3v) is 3.01. The van der Waals surface area contributed by atoms with Gasteiger partial charge < -0.3 is 0 Å². The van der Waals surface area contributed by atoms with Crippen LogP contribution < -0.4 is 0 Å². The smallest absolute Gasteiger partial charge is 0.269 e. The van der Waals surface area contributed by atoms with Crippen LogP contribution in [0.15, 0.2) is 24.3 Å². The highest BCUT2D eigenvalue weighted by Crippen LogP contribution is 2.13. The molecule has 0 spiro atoms. The van der Waals surface area contributed by atoms with Gasteiger partial charge in [-0.15, -0.1) is 0 Å². The first-order chi connectivity index (χ1) is 9.79. The van der Waals surface area contributed by atoms with Gasteiger partial charge in [-0.2, -0.15) is 0 Å². The average Bonchev–Trinajstić information content (AvgIpc) is 2.37. The number of ketones is 1. The summed E-state index contributed by atoms with van der Waals surface area (Å²) in [5.41, 5.74) is 0.533. The molecule has 0 saturated carbocycles. The van der Waals surface area contributed by atoms with Gasteiger partial charge in [0.2, 0.25) is 0 Å². The van der Waals surface area contributed by atoms with Crippen LogP contribution >= 0.6 is 0 Å². The second-order valence-corrected chi connectivity index (χ2v) is 6.21. The average molecular weight is 292 g/mol. The molecule has 5 nitrogen and oxygen atoms in total. The number of Topliss-reactive ketones (excluding diaryl/α,β-unsaturated/α-hetero) is 1. The van der Waals surface area contributed by atoms with Crippen LogP contribution in [0, 0.1) is 22.0 Å². The van der Waals surface area contributed by atoms with Gasteiger partial charge in [-0.05, 0) is 24.0 Å². The zero-order chi connectivity index (χ0) is 16.0. The van der Waals surface area contributed by atoms with Crippen LogP contribution in [0.4, 0.5) is 5.69 Å². The standard InChI is InChI=1S/C16H24N2O3/c1-12(2)9-17(10-13(3)4)11-16(19)14-5-7-15(8-6-14)18(20)21/h5-8,12-13H,9-11H2,1-4H3. The molecular weight excluding hydrogens is 268 g/mol. The molecule has 0 unspecified atom stereocenters. The molecule has 0 amide bonds. The third-order valence-electron chi connectivity index (χ3n) is 3.01. The van der Waals surface area contributed by atoms with Crippen molar-refractivity contribution >= 4 is 11.5 Å². The van der Waals surface area contributed by atoms with Gasteiger partial charge in [-0.3, -0.25) is 19.8 Å². The molecule has 0 saturated heterocycles. The van der Waals surface area contributed by atoms with E-state index in [9.17, 15) is 14.9 Å². The highest BCUT2D eigenvalue weighted by atomic mass is 16.6. The number of rotatable bonds is 8. The van der Waals surface area contributed by atoms with E-state index in [1.807, 2.05) is 0 Å². The summed E-state index contributed by atoms with van der Waals surface area (Å²) < 4.78 is 0. The molecule has 0 aliphatic heterocycles. The van der Waals surface area contributed by atoms with Crippen molar-refractivity contribution in [2.24, 2.45) is 11.8 Å². The topological polar surface area (TPSA) is 63.5 Å². The van der Waals surface area contributed by atoms with Crippen molar-refractivity contribution in [1.29, 1.82) is 0 Å². The molecular formula is C16H24N2O3. The summed E-state index contributed by atoms with van der Waals surface area (Å²) in [6.07, 6.45) is 0. The van der Waals surface area contributed by atoms with E-state index in [-0.39, 0.29) is 11.5 Å². The van der Waals surface area contributed by atoms with Crippen LogP contribution in [-0.4, -0.2) is 35.2 Å². The van der Waals surface area contributed by atoms with Crippen LogP contribution in [0.2, 0.25) is 0 Å². The highest BCUT2D eigenvalue weighted by molar-refractivity contribution is 5.97. The predicted octanol–water partition coefficient (Wildman–Crippen LogP) is 3.39. The third kappa shape index (κ3) is 6.04. The Morgan fingerprint density at radius 1 is 1.10 bits per heavy atom. The zero-order valence-corrected chi connectivity index (χ0v) is 13.2. The fraction of sp³-hybridized carbons (Fsp3) is 0.562. The van der Waals surface area contributed by atoms with Crippen molar-refractivity contribution in [3.8, 4) is 0 Å². The number of carbonyl (C=O) groups is 1. The minimum absolute atomic E-state index is 0.00574. The van der Waals surface area contributed by atoms with Crippen molar-refractivity contribution in [1.82, 2.24) is 4.90 Å². The first-order valence-corrected chi connectivity index (χ1v) is 7.29. The summed E-state index contributed by atoms with van der Waals surface area (Å²) >= 11 is 0. The van der Waals surface area contributed by atoms with Crippen molar-refractivity contribution in [2.75, 3.05) is 19.6 Å². The normalized spacial score (nSPS) is 11.4. The quantitative estimate of drug-likeness (QED) is 0.418. The lowest BCUT2D eigenvalue weighted by Crippen LogP contribution is -2.35. The Labute approximate surface area is 126 Å². The number of carbonyl (C=O) groups excluding carboxylic acids is 1. The second kappa shape index (κ2) is 7.88. The molecule has 1 rings (SSSR count). The van der Waals surface area contributed by atoms with E-state index >= 15 is 0 Å². The number of benzene rings is 1. The van der Waals surface area contributed by atoms with E-state index in [2.05, 4.69) is 32.6 Å². The predicted molar refractivity (Wildman–Crippen MR) is 83.5 cm³/mol. The molecule has 0 radical (unpaired) electrons. The van der Waals surface area contributed by atoms with Gasteiger partial charge in [0.05, 0.1) is 11.5 Å². The summed E-state index contributed by atoms with van der Waals surface area (Å²) in [6, 6.07) is 5.82. The lowest BCUT2D eigenvalue weighted by atomic mass is 10.1. The Bertz CT molecular complexity index is 471. The second-order valence-electron chi connectivity index (χ2n) is 6.21. The molecule has 1 aromatic rings. The molecule has 21 heavy (non-hydrogen) atoms. The summed E-state index contributed by atoms with van der Waals surface area (Å²) in [6.45, 7) is 10.6. The molecule has 0 heterocycles. The summed E-state index contributed by atoms with van der Waals surface area (Å²) in [7, 11) is 0. The van der Waals surface area contributed by atoms with E-state index in [0.717, 1.165) is 13.1 Å². The molecule has 0 aromatic heterocycles. The Balaban J connectivity index is 2.73. The molecule has 116 valence electrons. The van der Waals surface area contributed by atoms with Gasteiger partial charge in [0.15, 0.2) is 5.78 Å². The van der Waals surface area contributed by atoms with Crippen molar-refractivity contribution in [3.05, 3.63) is 39.9 Å². The molecule has 0 aliphatic rings. The Morgan fingerprint density at radius 2 is 1.57 bits per heavy atom. The summed E-state index contributed by atoms with van der Waals surface area (Å²) in [5.74, 6) is 0.994. The molecule has 0 N–H and O–H groups in total.